The van der Waals surface area contributed by atoms with E-state index in [9.17, 15) is 9.50 Å². The maximum atomic E-state index is 13.8. The summed E-state index contributed by atoms with van der Waals surface area (Å²) in [5.41, 5.74) is 0.570. The quantitative estimate of drug-likeness (QED) is 0.874. The lowest BCUT2D eigenvalue weighted by Gasteiger charge is -2.10. The summed E-state index contributed by atoms with van der Waals surface area (Å²) in [5.74, 6) is -0.348. The van der Waals surface area contributed by atoms with Crippen molar-refractivity contribution in [2.45, 2.75) is 26.6 Å². The van der Waals surface area contributed by atoms with Crippen LogP contribution in [0.5, 0.6) is 0 Å². The van der Waals surface area contributed by atoms with E-state index in [2.05, 4.69) is 10.2 Å². The molecule has 1 N–H and O–H groups in total. The first-order valence-corrected chi connectivity index (χ1v) is 7.99. The number of thioether (sulfide) groups is 1. The van der Waals surface area contributed by atoms with Crippen LogP contribution < -0.4 is 0 Å². The van der Waals surface area contributed by atoms with Gasteiger partial charge in [-0.3, -0.25) is 0 Å². The van der Waals surface area contributed by atoms with Gasteiger partial charge >= 0.3 is 0 Å². The molecule has 1 heterocycles. The van der Waals surface area contributed by atoms with Gasteiger partial charge in [0.15, 0.2) is 8.68 Å². The van der Waals surface area contributed by atoms with Crippen LogP contribution in [0.1, 0.15) is 18.6 Å². The van der Waals surface area contributed by atoms with E-state index in [0.29, 0.717) is 14.8 Å². The molecule has 0 spiro atoms. The van der Waals surface area contributed by atoms with Crippen molar-refractivity contribution in [1.29, 1.82) is 0 Å². The number of aromatic nitrogens is 2. The lowest BCUT2D eigenvalue weighted by Crippen LogP contribution is -1.96. The van der Waals surface area contributed by atoms with Gasteiger partial charge in [-0.1, -0.05) is 47.0 Å². The first-order chi connectivity index (χ1) is 8.61. The highest BCUT2D eigenvalue weighted by molar-refractivity contribution is 8.03. The first kappa shape index (κ1) is 13.8. The Labute approximate surface area is 117 Å². The van der Waals surface area contributed by atoms with E-state index < -0.39 is 6.10 Å². The molecule has 7 heteroatoms. The molecule has 0 aliphatic heterocycles. The predicted molar refractivity (Wildman–Crippen MR) is 72.8 cm³/mol. The van der Waals surface area contributed by atoms with Gasteiger partial charge in [-0.25, -0.2) is 4.39 Å². The smallest absolute Gasteiger partial charge is 0.180 e. The zero-order valence-corrected chi connectivity index (χ0v) is 12.2. The summed E-state index contributed by atoms with van der Waals surface area (Å²) in [6, 6.07) is 4.69. The minimum atomic E-state index is -0.712. The summed E-state index contributed by atoms with van der Waals surface area (Å²) >= 11 is 4.12. The van der Waals surface area contributed by atoms with Crippen molar-refractivity contribution in [2.75, 3.05) is 6.26 Å². The number of rotatable bonds is 4. The van der Waals surface area contributed by atoms with Crippen molar-refractivity contribution in [1.82, 2.24) is 10.2 Å². The number of nitrogens with zero attached hydrogens (tertiary/aromatic N) is 2. The monoisotopic (exact) mass is 302 g/mol. The molecule has 3 nitrogen and oxygen atoms in total. The lowest BCUT2D eigenvalue weighted by molar-refractivity contribution is 0.195. The molecular formula is C11H11FN2OS3. The average molecular weight is 302 g/mol. The Balaban J connectivity index is 2.33. The molecular weight excluding hydrogens is 291 g/mol. The fraction of sp³-hybridized carbons (Fsp3) is 0.273. The molecule has 0 aliphatic rings. The number of hydrogen-bond donors (Lipinski definition) is 1. The van der Waals surface area contributed by atoms with Crippen LogP contribution in [0.25, 0.3) is 0 Å². The summed E-state index contributed by atoms with van der Waals surface area (Å²) in [4.78, 5) is 0.413. The minimum Gasteiger partial charge on any atom is -0.389 e. The lowest BCUT2D eigenvalue weighted by atomic mass is 10.1. The Hall–Kier alpha value is -0.630. The van der Waals surface area contributed by atoms with Crippen LogP contribution in [0.3, 0.4) is 0 Å². The second-order valence-corrected chi connectivity index (χ2v) is 6.76. The van der Waals surface area contributed by atoms with Gasteiger partial charge in [0, 0.05) is 0 Å². The van der Waals surface area contributed by atoms with E-state index in [4.69, 9.17) is 0 Å². The summed E-state index contributed by atoms with van der Waals surface area (Å²) in [7, 11) is 0. The minimum absolute atomic E-state index is 0.348. The number of hydrogen-bond acceptors (Lipinski definition) is 6. The van der Waals surface area contributed by atoms with Gasteiger partial charge in [0.05, 0.1) is 11.0 Å². The van der Waals surface area contributed by atoms with E-state index >= 15 is 0 Å². The highest BCUT2D eigenvalue weighted by Crippen LogP contribution is 2.37. The van der Waals surface area contributed by atoms with E-state index in [-0.39, 0.29) is 5.82 Å². The Bertz CT molecular complexity index is 545. The van der Waals surface area contributed by atoms with Crippen molar-refractivity contribution in [3.63, 3.8) is 0 Å². The number of aliphatic hydroxyl groups is 1. The van der Waals surface area contributed by atoms with E-state index in [1.165, 1.54) is 40.9 Å². The molecule has 1 aromatic heterocycles. The standard InChI is InChI=1S/C11H11FN2OS3/c1-6(15)7-4-3-5-8(12)9(7)17-11-14-13-10(16-2)18-11/h3-6,15H,1-2H3. The fourth-order valence-corrected chi connectivity index (χ4v) is 3.97. The third-order valence-corrected chi connectivity index (χ3v) is 5.28. The maximum absolute atomic E-state index is 13.8. The van der Waals surface area contributed by atoms with Crippen molar-refractivity contribution in [2.24, 2.45) is 0 Å². The van der Waals surface area contributed by atoms with Crippen molar-refractivity contribution in [3.05, 3.63) is 29.6 Å². The molecule has 0 bridgehead atoms. The van der Waals surface area contributed by atoms with Gasteiger partial charge in [0.25, 0.3) is 0 Å². The molecule has 96 valence electrons. The molecule has 0 fully saturated rings. The van der Waals surface area contributed by atoms with E-state index in [1.807, 2.05) is 6.26 Å². The predicted octanol–water partition coefficient (Wildman–Crippen LogP) is 3.60. The molecule has 1 unspecified atom stereocenters. The molecule has 0 saturated heterocycles. The molecule has 18 heavy (non-hydrogen) atoms. The van der Waals surface area contributed by atoms with Crippen LogP contribution in [0.2, 0.25) is 0 Å². The molecule has 0 radical (unpaired) electrons. The van der Waals surface area contributed by atoms with Crippen LogP contribution in [-0.4, -0.2) is 21.6 Å². The number of halogens is 1. The van der Waals surface area contributed by atoms with Crippen molar-refractivity contribution < 1.29 is 9.50 Å². The van der Waals surface area contributed by atoms with Crippen LogP contribution in [0.15, 0.2) is 31.8 Å². The highest BCUT2D eigenvalue weighted by Gasteiger charge is 2.16. The second kappa shape index (κ2) is 6.01. The number of benzene rings is 1. The first-order valence-electron chi connectivity index (χ1n) is 5.13. The molecule has 1 aromatic carbocycles. The Morgan fingerprint density at radius 3 is 2.67 bits per heavy atom. The summed E-state index contributed by atoms with van der Waals surface area (Å²) < 4.78 is 15.3. The zero-order chi connectivity index (χ0) is 13.1. The second-order valence-electron chi connectivity index (χ2n) is 3.47. The summed E-state index contributed by atoms with van der Waals surface area (Å²) in [5, 5.41) is 17.6. The van der Waals surface area contributed by atoms with Gasteiger partial charge in [-0.15, -0.1) is 10.2 Å². The molecule has 2 aromatic rings. The number of aliphatic hydroxyl groups excluding tert-OH is 1. The van der Waals surface area contributed by atoms with Crippen molar-refractivity contribution in [3.8, 4) is 0 Å². The van der Waals surface area contributed by atoms with Crippen LogP contribution in [-0.2, 0) is 0 Å². The summed E-state index contributed by atoms with van der Waals surface area (Å²) in [6.45, 7) is 1.62. The average Bonchev–Trinajstić information content (AvgIpc) is 2.79. The third-order valence-electron chi connectivity index (χ3n) is 2.20. The van der Waals surface area contributed by atoms with Crippen LogP contribution in [0.4, 0.5) is 4.39 Å². The van der Waals surface area contributed by atoms with Crippen LogP contribution >= 0.6 is 34.9 Å². The Morgan fingerprint density at radius 1 is 1.33 bits per heavy atom. The van der Waals surface area contributed by atoms with E-state index in [1.54, 1.807) is 19.1 Å². The SMILES string of the molecule is CSc1nnc(Sc2c(F)cccc2C(C)O)s1. The van der Waals surface area contributed by atoms with Crippen molar-refractivity contribution >= 4 is 34.9 Å². The Kier molecular flexibility index (Phi) is 4.60. The van der Waals surface area contributed by atoms with E-state index in [0.717, 1.165) is 4.34 Å². The Morgan fingerprint density at radius 2 is 2.06 bits per heavy atom. The fourth-order valence-electron chi connectivity index (χ4n) is 1.37. The highest BCUT2D eigenvalue weighted by atomic mass is 32.2. The normalized spacial score (nSPS) is 12.7. The third kappa shape index (κ3) is 3.03. The topological polar surface area (TPSA) is 46.0 Å². The summed E-state index contributed by atoms with van der Waals surface area (Å²) in [6.07, 6.45) is 1.20. The largest absolute Gasteiger partial charge is 0.389 e. The zero-order valence-electron chi connectivity index (χ0n) is 9.75. The molecule has 2 rings (SSSR count). The molecule has 1 atom stereocenters. The molecule has 0 amide bonds. The van der Waals surface area contributed by atoms with Gasteiger partial charge in [0.2, 0.25) is 0 Å². The maximum Gasteiger partial charge on any atom is 0.180 e. The molecule has 0 saturated carbocycles. The van der Waals surface area contributed by atoms with Crippen LogP contribution in [0, 0.1) is 5.82 Å². The van der Waals surface area contributed by atoms with Gasteiger partial charge in [-0.2, -0.15) is 0 Å². The van der Waals surface area contributed by atoms with Gasteiger partial charge in [0.1, 0.15) is 5.82 Å². The van der Waals surface area contributed by atoms with Gasteiger partial charge in [-0.05, 0) is 24.8 Å². The van der Waals surface area contributed by atoms with Gasteiger partial charge < -0.3 is 5.11 Å². The molecule has 0 aliphatic carbocycles.